The van der Waals surface area contributed by atoms with Gasteiger partial charge >= 0.3 is 6.18 Å². The summed E-state index contributed by atoms with van der Waals surface area (Å²) in [4.78, 5) is -0.859. The van der Waals surface area contributed by atoms with Crippen molar-refractivity contribution in [2.75, 3.05) is 21.3 Å². The van der Waals surface area contributed by atoms with Gasteiger partial charge in [-0.25, -0.2) is 8.42 Å². The Balaban J connectivity index is 2.41. The normalized spacial score (nSPS) is 12.3. The minimum Gasteiger partial charge on any atom is -0.493 e. The van der Waals surface area contributed by atoms with Crippen molar-refractivity contribution in [2.45, 2.75) is 17.6 Å². The summed E-state index contributed by atoms with van der Waals surface area (Å²) in [6, 6.07) is 7.29. The zero-order chi connectivity index (χ0) is 20.4. The van der Waals surface area contributed by atoms with Crippen molar-refractivity contribution in [3.05, 3.63) is 52.5 Å². The maximum absolute atomic E-state index is 13.3. The molecule has 0 aliphatic heterocycles. The van der Waals surface area contributed by atoms with Crippen LogP contribution in [0.2, 0.25) is 5.02 Å². The van der Waals surface area contributed by atoms with Crippen molar-refractivity contribution in [3.63, 3.8) is 0 Å². The molecule has 2 rings (SSSR count). The van der Waals surface area contributed by atoms with Crippen LogP contribution in [-0.2, 0) is 22.7 Å². The molecule has 0 unspecified atom stereocenters. The molecule has 0 saturated carbocycles. The number of alkyl halides is 3. The van der Waals surface area contributed by atoms with Crippen LogP contribution in [0.25, 0.3) is 0 Å². The van der Waals surface area contributed by atoms with Gasteiger partial charge in [-0.3, -0.25) is 0 Å². The Bertz CT molecular complexity index is 932. The zero-order valence-electron chi connectivity index (χ0n) is 14.7. The van der Waals surface area contributed by atoms with Gasteiger partial charge in [0.15, 0.2) is 11.5 Å². The van der Waals surface area contributed by atoms with Gasteiger partial charge in [-0.2, -0.15) is 17.5 Å². The molecule has 0 fully saturated rings. The Morgan fingerprint density at radius 1 is 1.04 bits per heavy atom. The van der Waals surface area contributed by atoms with E-state index in [1.54, 1.807) is 18.2 Å². The van der Waals surface area contributed by atoms with E-state index in [-0.39, 0.29) is 11.6 Å². The summed E-state index contributed by atoms with van der Waals surface area (Å²) in [7, 11) is -0.351. The van der Waals surface area contributed by atoms with E-state index in [0.717, 1.165) is 16.4 Å². The predicted octanol–water partition coefficient (Wildman–Crippen LogP) is 4.20. The van der Waals surface area contributed by atoms with E-state index in [1.807, 2.05) is 0 Å². The molecule has 2 aromatic rings. The third kappa shape index (κ3) is 4.66. The number of nitrogens with zero attached hydrogens (tertiary/aromatic N) is 1. The zero-order valence-corrected chi connectivity index (χ0v) is 16.2. The molecule has 0 aliphatic rings. The van der Waals surface area contributed by atoms with Gasteiger partial charge < -0.3 is 9.47 Å². The maximum atomic E-state index is 13.3. The van der Waals surface area contributed by atoms with Crippen molar-refractivity contribution in [2.24, 2.45) is 0 Å². The second-order valence-corrected chi connectivity index (χ2v) is 8.04. The lowest BCUT2D eigenvalue weighted by Crippen LogP contribution is -2.28. The van der Waals surface area contributed by atoms with E-state index in [4.69, 9.17) is 21.1 Å². The van der Waals surface area contributed by atoms with Gasteiger partial charge in [0.05, 0.1) is 24.7 Å². The first-order valence-electron chi connectivity index (χ1n) is 7.54. The fraction of sp³-hybridized carbons (Fsp3) is 0.294. The van der Waals surface area contributed by atoms with Crippen molar-refractivity contribution in [1.29, 1.82) is 0 Å². The molecule has 2 aromatic carbocycles. The van der Waals surface area contributed by atoms with Crippen LogP contribution < -0.4 is 9.47 Å². The molecule has 0 saturated heterocycles. The summed E-state index contributed by atoms with van der Waals surface area (Å²) >= 11 is 5.61. The van der Waals surface area contributed by atoms with Gasteiger partial charge in [-0.15, -0.1) is 0 Å². The molecule has 148 valence electrons. The van der Waals surface area contributed by atoms with Gasteiger partial charge in [0.1, 0.15) is 0 Å². The molecular formula is C17H17ClF3NO4S. The summed E-state index contributed by atoms with van der Waals surface area (Å²) in [5.74, 6) is 0.826. The average Bonchev–Trinajstić information content (AvgIpc) is 2.60. The van der Waals surface area contributed by atoms with E-state index < -0.39 is 26.7 Å². The molecule has 0 bridgehead atoms. The molecule has 0 spiro atoms. The van der Waals surface area contributed by atoms with Crippen molar-refractivity contribution in [1.82, 2.24) is 4.31 Å². The van der Waals surface area contributed by atoms with Gasteiger partial charge in [0.2, 0.25) is 10.0 Å². The number of benzene rings is 2. The molecule has 0 amide bonds. The first-order chi connectivity index (χ1) is 12.5. The van der Waals surface area contributed by atoms with Gasteiger partial charge in [0.25, 0.3) is 0 Å². The smallest absolute Gasteiger partial charge is 0.417 e. The Morgan fingerprint density at radius 3 is 2.22 bits per heavy atom. The van der Waals surface area contributed by atoms with Crippen molar-refractivity contribution < 1.29 is 31.1 Å². The number of sulfonamides is 1. The number of hydrogen-bond acceptors (Lipinski definition) is 4. The minimum absolute atomic E-state index is 0.164. The van der Waals surface area contributed by atoms with Crippen molar-refractivity contribution in [3.8, 4) is 11.5 Å². The lowest BCUT2D eigenvalue weighted by atomic mass is 10.2. The first kappa shape index (κ1) is 21.3. The highest BCUT2D eigenvalue weighted by atomic mass is 35.5. The molecule has 10 heteroatoms. The Kier molecular flexibility index (Phi) is 6.28. The fourth-order valence-corrected chi connectivity index (χ4v) is 3.96. The van der Waals surface area contributed by atoms with Crippen LogP contribution in [0.1, 0.15) is 11.1 Å². The summed E-state index contributed by atoms with van der Waals surface area (Å²) in [5.41, 5.74) is -0.796. The number of halogens is 4. The van der Waals surface area contributed by atoms with E-state index in [1.165, 1.54) is 21.3 Å². The number of rotatable bonds is 6. The van der Waals surface area contributed by atoms with E-state index in [9.17, 15) is 21.6 Å². The largest absolute Gasteiger partial charge is 0.493 e. The summed E-state index contributed by atoms with van der Waals surface area (Å²) in [6.07, 6.45) is -4.86. The highest BCUT2D eigenvalue weighted by Gasteiger charge is 2.38. The van der Waals surface area contributed by atoms with Crippen LogP contribution >= 0.6 is 11.6 Å². The van der Waals surface area contributed by atoms with Crippen LogP contribution in [-0.4, -0.2) is 34.0 Å². The van der Waals surface area contributed by atoms with Crippen LogP contribution in [0.3, 0.4) is 0 Å². The maximum Gasteiger partial charge on any atom is 0.417 e. The third-order valence-electron chi connectivity index (χ3n) is 3.79. The Hall–Kier alpha value is -1.97. The van der Waals surface area contributed by atoms with E-state index >= 15 is 0 Å². The average molecular weight is 424 g/mol. The number of hydrogen-bond donors (Lipinski definition) is 0. The molecule has 5 nitrogen and oxygen atoms in total. The van der Waals surface area contributed by atoms with Gasteiger partial charge in [0, 0.05) is 18.6 Å². The van der Waals surface area contributed by atoms with Crippen LogP contribution in [0.5, 0.6) is 11.5 Å². The van der Waals surface area contributed by atoms with Gasteiger partial charge in [-0.05, 0) is 35.9 Å². The first-order valence-corrected chi connectivity index (χ1v) is 9.36. The minimum atomic E-state index is -4.86. The summed E-state index contributed by atoms with van der Waals surface area (Å²) < 4.78 is 76.3. The molecule has 0 atom stereocenters. The van der Waals surface area contributed by atoms with Gasteiger partial charge in [-0.1, -0.05) is 17.7 Å². The lowest BCUT2D eigenvalue weighted by Gasteiger charge is -2.21. The number of ether oxygens (including phenoxy) is 2. The Labute approximate surface area is 160 Å². The summed E-state index contributed by atoms with van der Waals surface area (Å²) in [6.45, 7) is -0.164. The van der Waals surface area contributed by atoms with Crippen LogP contribution in [0.15, 0.2) is 41.3 Å². The van der Waals surface area contributed by atoms with E-state index in [0.29, 0.717) is 23.1 Å². The van der Waals surface area contributed by atoms with Crippen molar-refractivity contribution >= 4 is 21.6 Å². The second kappa shape index (κ2) is 7.95. The monoisotopic (exact) mass is 423 g/mol. The molecule has 0 aliphatic carbocycles. The van der Waals surface area contributed by atoms with E-state index in [2.05, 4.69) is 0 Å². The molecule has 0 aromatic heterocycles. The highest BCUT2D eigenvalue weighted by Crippen LogP contribution is 2.37. The quantitative estimate of drug-likeness (QED) is 0.699. The molecule has 0 N–H and O–H groups in total. The van der Waals surface area contributed by atoms with Crippen LogP contribution in [0, 0.1) is 0 Å². The predicted molar refractivity (Wildman–Crippen MR) is 94.7 cm³/mol. The molecule has 0 radical (unpaired) electrons. The summed E-state index contributed by atoms with van der Waals surface area (Å²) in [5, 5.41) is -0.205. The molecular weight excluding hydrogens is 407 g/mol. The number of methoxy groups -OCH3 is 2. The molecule has 0 heterocycles. The Morgan fingerprint density at radius 2 is 1.67 bits per heavy atom. The highest BCUT2D eigenvalue weighted by molar-refractivity contribution is 7.89. The topological polar surface area (TPSA) is 55.8 Å². The molecule has 27 heavy (non-hydrogen) atoms. The SMILES string of the molecule is COc1ccc(CN(C)S(=O)(=O)c2ccc(Cl)cc2C(F)(F)F)cc1OC. The third-order valence-corrected chi connectivity index (χ3v) is 5.89. The fourth-order valence-electron chi connectivity index (χ4n) is 2.44. The standard InChI is InChI=1S/C17H17ClF3NO4S/c1-22(10-11-4-6-14(25-2)15(8-11)26-3)27(23,24)16-7-5-12(18)9-13(16)17(19,20)21/h4-9H,10H2,1-3H3. The second-order valence-electron chi connectivity index (χ2n) is 5.59. The lowest BCUT2D eigenvalue weighted by molar-refractivity contribution is -0.139. The van der Waals surface area contributed by atoms with Crippen LogP contribution in [0.4, 0.5) is 13.2 Å².